The third-order valence-corrected chi connectivity index (χ3v) is 2.56. The minimum atomic E-state index is 0.331. The van der Waals surface area contributed by atoms with Crippen LogP contribution < -0.4 is 5.90 Å². The fourth-order valence-electron chi connectivity index (χ4n) is 1.09. The minimum absolute atomic E-state index is 0.331. The zero-order valence-corrected chi connectivity index (χ0v) is 8.20. The van der Waals surface area contributed by atoms with E-state index in [0.717, 1.165) is 16.3 Å². The van der Waals surface area contributed by atoms with Crippen molar-refractivity contribution in [2.45, 2.75) is 6.61 Å². The van der Waals surface area contributed by atoms with Crippen LogP contribution in [0.25, 0.3) is 10.6 Å². The van der Waals surface area contributed by atoms with E-state index in [1.807, 2.05) is 17.5 Å². The maximum Gasteiger partial charge on any atom is 0.124 e. The van der Waals surface area contributed by atoms with E-state index in [2.05, 4.69) is 14.8 Å². The van der Waals surface area contributed by atoms with Gasteiger partial charge in [0.05, 0.1) is 5.69 Å². The van der Waals surface area contributed by atoms with E-state index in [0.29, 0.717) is 6.61 Å². The molecular formula is C9H9N3OS. The number of hydrogen-bond acceptors (Lipinski definition) is 5. The van der Waals surface area contributed by atoms with Crippen molar-refractivity contribution in [3.05, 3.63) is 35.6 Å². The van der Waals surface area contributed by atoms with Crippen LogP contribution in [0.2, 0.25) is 0 Å². The van der Waals surface area contributed by atoms with Gasteiger partial charge >= 0.3 is 0 Å². The molecule has 0 spiro atoms. The molecule has 72 valence electrons. The van der Waals surface area contributed by atoms with E-state index in [9.17, 15) is 0 Å². The van der Waals surface area contributed by atoms with Crippen molar-refractivity contribution in [3.8, 4) is 10.6 Å². The summed E-state index contributed by atoms with van der Waals surface area (Å²) in [7, 11) is 0. The molecule has 2 heterocycles. The van der Waals surface area contributed by atoms with Gasteiger partial charge in [0.25, 0.3) is 0 Å². The van der Waals surface area contributed by atoms with Gasteiger partial charge in [-0.2, -0.15) is 0 Å². The second-order valence-corrected chi connectivity index (χ2v) is 3.58. The lowest BCUT2D eigenvalue weighted by Crippen LogP contribution is -2.00. The molecular weight excluding hydrogens is 198 g/mol. The van der Waals surface area contributed by atoms with Gasteiger partial charge in [-0.15, -0.1) is 11.3 Å². The van der Waals surface area contributed by atoms with Gasteiger partial charge in [-0.05, 0) is 12.1 Å². The van der Waals surface area contributed by atoms with Crippen molar-refractivity contribution in [2.75, 3.05) is 0 Å². The lowest BCUT2D eigenvalue weighted by molar-refractivity contribution is 0.121. The van der Waals surface area contributed by atoms with Crippen LogP contribution in [0.1, 0.15) is 5.69 Å². The monoisotopic (exact) mass is 207 g/mol. The topological polar surface area (TPSA) is 61.0 Å². The van der Waals surface area contributed by atoms with Gasteiger partial charge in [-0.25, -0.2) is 10.9 Å². The average molecular weight is 207 g/mol. The van der Waals surface area contributed by atoms with E-state index >= 15 is 0 Å². The molecule has 2 N–H and O–H groups in total. The summed E-state index contributed by atoms with van der Waals surface area (Å²) in [6.07, 6.45) is 3.55. The molecule has 2 aromatic rings. The predicted octanol–water partition coefficient (Wildman–Crippen LogP) is 1.60. The number of hydrogen-bond donors (Lipinski definition) is 1. The first kappa shape index (κ1) is 9.26. The molecule has 0 aliphatic carbocycles. The molecule has 0 aromatic carbocycles. The minimum Gasteiger partial charge on any atom is -0.298 e. The molecule has 0 saturated heterocycles. The van der Waals surface area contributed by atoms with E-state index in [4.69, 9.17) is 5.90 Å². The molecule has 0 unspecified atom stereocenters. The van der Waals surface area contributed by atoms with Crippen LogP contribution in [0.5, 0.6) is 0 Å². The fourth-order valence-corrected chi connectivity index (χ4v) is 1.72. The standard InChI is InChI=1S/C9H9N3OS/c10-13-6-8-2-1-7(5-12-8)9-11-3-4-14-9/h1-5H,6,10H2. The normalized spacial score (nSPS) is 10.4. The SMILES string of the molecule is NOCc1ccc(-c2nccs2)cn1. The molecule has 0 aliphatic heterocycles. The first-order valence-corrected chi connectivity index (χ1v) is 4.94. The number of nitrogens with two attached hydrogens (primary N) is 1. The van der Waals surface area contributed by atoms with E-state index in [-0.39, 0.29) is 0 Å². The third-order valence-electron chi connectivity index (χ3n) is 1.74. The first-order chi connectivity index (χ1) is 6.90. The van der Waals surface area contributed by atoms with E-state index in [1.54, 1.807) is 23.7 Å². The molecule has 0 radical (unpaired) electrons. The molecule has 14 heavy (non-hydrogen) atoms. The zero-order chi connectivity index (χ0) is 9.80. The summed E-state index contributed by atoms with van der Waals surface area (Å²) in [5.41, 5.74) is 1.83. The number of pyridine rings is 1. The van der Waals surface area contributed by atoms with Gasteiger partial charge in [0, 0.05) is 23.3 Å². The average Bonchev–Trinajstić information content (AvgIpc) is 2.72. The van der Waals surface area contributed by atoms with Crippen molar-refractivity contribution in [1.29, 1.82) is 0 Å². The molecule has 4 nitrogen and oxygen atoms in total. The van der Waals surface area contributed by atoms with Gasteiger partial charge in [-0.3, -0.25) is 9.82 Å². The lowest BCUT2D eigenvalue weighted by atomic mass is 10.2. The summed E-state index contributed by atoms with van der Waals surface area (Å²) in [5, 5.41) is 2.91. The second-order valence-electron chi connectivity index (χ2n) is 2.69. The summed E-state index contributed by atoms with van der Waals surface area (Å²) in [4.78, 5) is 12.9. The van der Waals surface area contributed by atoms with Crippen LogP contribution in [-0.4, -0.2) is 9.97 Å². The first-order valence-electron chi connectivity index (χ1n) is 4.06. The zero-order valence-electron chi connectivity index (χ0n) is 7.38. The van der Waals surface area contributed by atoms with Crippen molar-refractivity contribution in [3.63, 3.8) is 0 Å². The molecule has 0 fully saturated rings. The van der Waals surface area contributed by atoms with Crippen LogP contribution in [0.15, 0.2) is 29.9 Å². The van der Waals surface area contributed by atoms with Crippen LogP contribution in [0.4, 0.5) is 0 Å². The second kappa shape index (κ2) is 4.28. The Morgan fingerprint density at radius 1 is 1.36 bits per heavy atom. The van der Waals surface area contributed by atoms with Gasteiger partial charge < -0.3 is 0 Å². The number of rotatable bonds is 3. The third kappa shape index (κ3) is 1.95. The Kier molecular flexibility index (Phi) is 2.83. The Balaban J connectivity index is 2.22. The van der Waals surface area contributed by atoms with Crippen molar-refractivity contribution in [1.82, 2.24) is 9.97 Å². The molecule has 2 aromatic heterocycles. The van der Waals surface area contributed by atoms with Gasteiger partial charge in [0.1, 0.15) is 11.6 Å². The van der Waals surface area contributed by atoms with Crippen LogP contribution in [0.3, 0.4) is 0 Å². The van der Waals surface area contributed by atoms with Gasteiger partial charge in [0.2, 0.25) is 0 Å². The van der Waals surface area contributed by atoms with Crippen molar-refractivity contribution in [2.24, 2.45) is 5.90 Å². The fraction of sp³-hybridized carbons (Fsp3) is 0.111. The predicted molar refractivity (Wildman–Crippen MR) is 54.3 cm³/mol. The smallest absolute Gasteiger partial charge is 0.124 e. The van der Waals surface area contributed by atoms with E-state index in [1.165, 1.54) is 0 Å². The number of aromatic nitrogens is 2. The largest absolute Gasteiger partial charge is 0.298 e. The number of thiazole rings is 1. The molecule has 0 aliphatic rings. The highest BCUT2D eigenvalue weighted by Crippen LogP contribution is 2.20. The number of nitrogens with zero attached hydrogens (tertiary/aromatic N) is 2. The summed E-state index contributed by atoms with van der Waals surface area (Å²) in [5.74, 6) is 4.94. The van der Waals surface area contributed by atoms with Crippen molar-refractivity contribution < 1.29 is 4.84 Å². The highest BCUT2D eigenvalue weighted by molar-refractivity contribution is 7.13. The quantitative estimate of drug-likeness (QED) is 0.776. The molecule has 0 bridgehead atoms. The van der Waals surface area contributed by atoms with Gasteiger partial charge in [0.15, 0.2) is 0 Å². The Morgan fingerprint density at radius 3 is 2.86 bits per heavy atom. The Hall–Kier alpha value is -1.30. The highest BCUT2D eigenvalue weighted by Gasteiger charge is 2.00. The summed E-state index contributed by atoms with van der Waals surface area (Å²) in [6.45, 7) is 0.331. The lowest BCUT2D eigenvalue weighted by Gasteiger charge is -1.99. The summed E-state index contributed by atoms with van der Waals surface area (Å²) < 4.78 is 0. The Bertz CT molecular complexity index is 385. The van der Waals surface area contributed by atoms with Crippen molar-refractivity contribution >= 4 is 11.3 Å². The molecule has 0 atom stereocenters. The van der Waals surface area contributed by atoms with Gasteiger partial charge in [-0.1, -0.05) is 0 Å². The summed E-state index contributed by atoms with van der Waals surface area (Å²) >= 11 is 1.59. The maximum absolute atomic E-state index is 4.94. The van der Waals surface area contributed by atoms with Crippen LogP contribution in [-0.2, 0) is 11.4 Å². The van der Waals surface area contributed by atoms with Crippen LogP contribution in [0, 0.1) is 0 Å². The Morgan fingerprint density at radius 2 is 2.29 bits per heavy atom. The highest BCUT2D eigenvalue weighted by atomic mass is 32.1. The van der Waals surface area contributed by atoms with Crippen LogP contribution >= 0.6 is 11.3 Å². The molecule has 5 heteroatoms. The Labute approximate surface area is 85.3 Å². The molecule has 2 rings (SSSR count). The molecule has 0 saturated carbocycles. The maximum atomic E-state index is 4.94. The molecule has 0 amide bonds. The summed E-state index contributed by atoms with van der Waals surface area (Å²) in [6, 6.07) is 3.84. The van der Waals surface area contributed by atoms with E-state index < -0.39 is 0 Å².